The summed E-state index contributed by atoms with van der Waals surface area (Å²) < 4.78 is 43.5. The van der Waals surface area contributed by atoms with Crippen LogP contribution in [0.2, 0.25) is 0 Å². The maximum Gasteiger partial charge on any atom is 0.258 e. The Hall–Kier alpha value is -1.83. The number of anilines is 1. The quantitative estimate of drug-likeness (QED) is 0.829. The molecule has 1 aromatic heterocycles. The molecule has 5 nitrogen and oxygen atoms in total. The SMILES string of the molecule is CN(C)CC(=O)N1CCC(F)(F)[C@]2(CCN(c3ncccc3F)C2)C1. The zero-order chi connectivity index (χ0) is 18.2. The summed E-state index contributed by atoms with van der Waals surface area (Å²) in [5.41, 5.74) is -1.35. The van der Waals surface area contributed by atoms with Gasteiger partial charge in [-0.1, -0.05) is 0 Å². The fourth-order valence-electron chi connectivity index (χ4n) is 3.77. The molecule has 8 heteroatoms. The number of alkyl halides is 2. The second kappa shape index (κ2) is 6.48. The summed E-state index contributed by atoms with van der Waals surface area (Å²) in [4.78, 5) is 21.1. The van der Waals surface area contributed by atoms with Crippen molar-refractivity contribution in [2.75, 3.05) is 51.7 Å². The van der Waals surface area contributed by atoms with Crippen LogP contribution in [-0.2, 0) is 4.79 Å². The van der Waals surface area contributed by atoms with Gasteiger partial charge in [0.25, 0.3) is 5.92 Å². The van der Waals surface area contributed by atoms with Crippen molar-refractivity contribution in [1.82, 2.24) is 14.8 Å². The van der Waals surface area contributed by atoms with Crippen LogP contribution in [0.5, 0.6) is 0 Å². The summed E-state index contributed by atoms with van der Waals surface area (Å²) in [6.45, 7) is 0.552. The third-order valence-corrected chi connectivity index (χ3v) is 5.16. The molecule has 0 N–H and O–H groups in total. The Bertz CT molecular complexity index is 655. The number of likely N-dealkylation sites (N-methyl/N-ethyl adjacent to an activating group) is 1. The van der Waals surface area contributed by atoms with Crippen LogP contribution in [-0.4, -0.2) is 73.4 Å². The number of hydrogen-bond donors (Lipinski definition) is 0. The minimum atomic E-state index is -2.89. The molecular formula is C17H23F3N4O. The lowest BCUT2D eigenvalue weighted by molar-refractivity contribution is -0.169. The number of halogens is 3. The molecular weight excluding hydrogens is 333 g/mol. The largest absolute Gasteiger partial charge is 0.353 e. The molecule has 25 heavy (non-hydrogen) atoms. The number of nitrogens with zero attached hydrogens (tertiary/aromatic N) is 4. The van der Waals surface area contributed by atoms with E-state index in [0.29, 0.717) is 6.54 Å². The Kier molecular flexibility index (Phi) is 4.66. The summed E-state index contributed by atoms with van der Waals surface area (Å²) in [6.07, 6.45) is 1.31. The molecule has 138 valence electrons. The number of likely N-dealkylation sites (tertiary alicyclic amines) is 1. The second-order valence-corrected chi connectivity index (χ2v) is 7.27. The van der Waals surface area contributed by atoms with Crippen molar-refractivity contribution in [1.29, 1.82) is 0 Å². The average Bonchev–Trinajstić information content (AvgIpc) is 2.95. The standard InChI is InChI=1S/C17H23F3N4O/c1-22(2)10-14(25)23-9-6-17(19,20)16(11-23)5-8-24(12-16)15-13(18)4-3-7-21-15/h3-4,7H,5-6,8-12H2,1-2H3/t16-/m1/s1. The maximum absolute atomic E-state index is 14.8. The van der Waals surface area contributed by atoms with Gasteiger partial charge in [0.05, 0.1) is 12.0 Å². The van der Waals surface area contributed by atoms with Gasteiger partial charge < -0.3 is 14.7 Å². The Balaban J connectivity index is 1.81. The number of carbonyl (C=O) groups excluding carboxylic acids is 1. The van der Waals surface area contributed by atoms with Crippen LogP contribution in [0.1, 0.15) is 12.8 Å². The van der Waals surface area contributed by atoms with Crippen LogP contribution in [0.15, 0.2) is 18.3 Å². The highest BCUT2D eigenvalue weighted by molar-refractivity contribution is 5.78. The molecule has 0 unspecified atom stereocenters. The zero-order valence-electron chi connectivity index (χ0n) is 14.5. The molecule has 0 bridgehead atoms. The Morgan fingerprint density at radius 1 is 1.28 bits per heavy atom. The number of amides is 1. The molecule has 0 aromatic carbocycles. The molecule has 3 rings (SSSR count). The number of carbonyl (C=O) groups is 1. The van der Waals surface area contributed by atoms with Crippen molar-refractivity contribution in [2.24, 2.45) is 5.41 Å². The van der Waals surface area contributed by atoms with E-state index in [2.05, 4.69) is 4.98 Å². The molecule has 1 amide bonds. The molecule has 2 aliphatic rings. The van der Waals surface area contributed by atoms with Gasteiger partial charge in [0.1, 0.15) is 0 Å². The van der Waals surface area contributed by atoms with Gasteiger partial charge in [-0.25, -0.2) is 18.2 Å². The van der Waals surface area contributed by atoms with Crippen LogP contribution in [0.4, 0.5) is 19.0 Å². The number of hydrogen-bond acceptors (Lipinski definition) is 4. The lowest BCUT2D eigenvalue weighted by Gasteiger charge is -2.46. The van der Waals surface area contributed by atoms with E-state index in [4.69, 9.17) is 0 Å². The van der Waals surface area contributed by atoms with Gasteiger partial charge in [0.15, 0.2) is 11.6 Å². The summed E-state index contributed by atoms with van der Waals surface area (Å²) in [5.74, 6) is -3.45. The molecule has 0 radical (unpaired) electrons. The lowest BCUT2D eigenvalue weighted by Crippen LogP contribution is -2.59. The van der Waals surface area contributed by atoms with Crippen molar-refractivity contribution < 1.29 is 18.0 Å². The predicted octanol–water partition coefficient (Wildman–Crippen LogP) is 1.85. The van der Waals surface area contributed by atoms with Gasteiger partial charge in [-0.2, -0.15) is 0 Å². The smallest absolute Gasteiger partial charge is 0.258 e. The Morgan fingerprint density at radius 2 is 2.04 bits per heavy atom. The van der Waals surface area contributed by atoms with Crippen LogP contribution < -0.4 is 4.90 Å². The van der Waals surface area contributed by atoms with Crippen molar-refractivity contribution in [3.63, 3.8) is 0 Å². The third kappa shape index (κ3) is 3.31. The van der Waals surface area contributed by atoms with Crippen LogP contribution >= 0.6 is 0 Å². The fourth-order valence-corrected chi connectivity index (χ4v) is 3.77. The van der Waals surface area contributed by atoms with Crippen LogP contribution in [0.3, 0.4) is 0 Å². The van der Waals surface area contributed by atoms with Crippen LogP contribution in [0, 0.1) is 11.2 Å². The number of piperidine rings is 1. The van der Waals surface area contributed by atoms with Gasteiger partial charge in [-0.3, -0.25) is 4.79 Å². The first-order valence-corrected chi connectivity index (χ1v) is 8.40. The van der Waals surface area contributed by atoms with E-state index in [1.807, 2.05) is 0 Å². The molecule has 1 aromatic rings. The van der Waals surface area contributed by atoms with Crippen molar-refractivity contribution in [3.05, 3.63) is 24.1 Å². The fraction of sp³-hybridized carbons (Fsp3) is 0.647. The topological polar surface area (TPSA) is 39.7 Å². The molecule has 0 saturated carbocycles. The van der Waals surface area contributed by atoms with Crippen molar-refractivity contribution >= 4 is 11.7 Å². The number of rotatable bonds is 3. The summed E-state index contributed by atoms with van der Waals surface area (Å²) in [7, 11) is 3.54. The summed E-state index contributed by atoms with van der Waals surface area (Å²) in [6, 6.07) is 2.75. The maximum atomic E-state index is 14.8. The molecule has 2 fully saturated rings. The van der Waals surface area contributed by atoms with E-state index in [1.54, 1.807) is 23.9 Å². The summed E-state index contributed by atoms with van der Waals surface area (Å²) >= 11 is 0. The Labute approximate surface area is 145 Å². The van der Waals surface area contributed by atoms with E-state index in [9.17, 15) is 18.0 Å². The van der Waals surface area contributed by atoms with E-state index in [1.165, 1.54) is 23.2 Å². The lowest BCUT2D eigenvalue weighted by atomic mass is 9.75. The van der Waals surface area contributed by atoms with Gasteiger partial charge >= 0.3 is 0 Å². The minimum absolute atomic E-state index is 0.000320. The minimum Gasteiger partial charge on any atom is -0.353 e. The number of aromatic nitrogens is 1. The van der Waals surface area contributed by atoms with Gasteiger partial charge in [0.2, 0.25) is 5.91 Å². The van der Waals surface area contributed by atoms with E-state index >= 15 is 0 Å². The summed E-state index contributed by atoms with van der Waals surface area (Å²) in [5, 5.41) is 0. The van der Waals surface area contributed by atoms with Gasteiger partial charge in [0, 0.05) is 38.8 Å². The molecule has 3 heterocycles. The molecule has 2 saturated heterocycles. The van der Waals surface area contributed by atoms with E-state index < -0.39 is 17.2 Å². The Morgan fingerprint density at radius 3 is 2.72 bits per heavy atom. The van der Waals surface area contributed by atoms with Crippen LogP contribution in [0.25, 0.3) is 0 Å². The van der Waals surface area contributed by atoms with E-state index in [-0.39, 0.29) is 50.7 Å². The highest BCUT2D eigenvalue weighted by atomic mass is 19.3. The third-order valence-electron chi connectivity index (χ3n) is 5.16. The zero-order valence-corrected chi connectivity index (χ0v) is 14.5. The first-order valence-electron chi connectivity index (χ1n) is 8.40. The number of pyridine rings is 1. The highest BCUT2D eigenvalue weighted by Gasteiger charge is 2.60. The second-order valence-electron chi connectivity index (χ2n) is 7.27. The van der Waals surface area contributed by atoms with Crippen molar-refractivity contribution in [2.45, 2.75) is 18.8 Å². The first kappa shape index (κ1) is 18.0. The van der Waals surface area contributed by atoms with E-state index in [0.717, 1.165) is 0 Å². The predicted molar refractivity (Wildman–Crippen MR) is 88.2 cm³/mol. The molecule has 1 spiro atoms. The van der Waals surface area contributed by atoms with Crippen molar-refractivity contribution in [3.8, 4) is 0 Å². The monoisotopic (exact) mass is 356 g/mol. The molecule has 2 aliphatic heterocycles. The van der Waals surface area contributed by atoms with Gasteiger partial charge in [-0.15, -0.1) is 0 Å². The van der Waals surface area contributed by atoms with Gasteiger partial charge in [-0.05, 0) is 32.6 Å². The average molecular weight is 356 g/mol. The molecule has 0 aliphatic carbocycles. The first-order chi connectivity index (χ1) is 11.7. The highest BCUT2D eigenvalue weighted by Crippen LogP contribution is 2.50. The normalized spacial score (nSPS) is 25.8. The molecule has 1 atom stereocenters.